The van der Waals surface area contributed by atoms with E-state index in [9.17, 15) is 5.11 Å². The van der Waals surface area contributed by atoms with Crippen LogP contribution in [-0.2, 0) is 4.74 Å². The molecular formula is C24H34N6O3. The molecule has 3 atom stereocenters. The average Bonchev–Trinajstić information content (AvgIpc) is 2.84. The predicted octanol–water partition coefficient (Wildman–Crippen LogP) is 0.878. The van der Waals surface area contributed by atoms with Gasteiger partial charge in [0.25, 0.3) is 0 Å². The van der Waals surface area contributed by atoms with Crippen molar-refractivity contribution in [3.05, 3.63) is 30.3 Å². The Morgan fingerprint density at radius 3 is 2.85 bits per heavy atom. The van der Waals surface area contributed by atoms with Gasteiger partial charge in [-0.3, -0.25) is 0 Å². The Hall–Kier alpha value is -2.46. The van der Waals surface area contributed by atoms with Crippen molar-refractivity contribution in [3.63, 3.8) is 0 Å². The molecule has 3 N–H and O–H groups in total. The van der Waals surface area contributed by atoms with Crippen LogP contribution in [0.4, 0.5) is 11.6 Å². The van der Waals surface area contributed by atoms with E-state index in [1.54, 1.807) is 0 Å². The van der Waals surface area contributed by atoms with E-state index < -0.39 is 6.10 Å². The highest BCUT2D eigenvalue weighted by atomic mass is 16.5. The zero-order chi connectivity index (χ0) is 22.8. The Bertz CT molecular complexity index is 954. The van der Waals surface area contributed by atoms with Gasteiger partial charge in [0.05, 0.1) is 6.04 Å². The van der Waals surface area contributed by atoms with E-state index in [0.29, 0.717) is 36.2 Å². The first-order valence-electron chi connectivity index (χ1n) is 11.9. The van der Waals surface area contributed by atoms with Crippen LogP contribution in [0.1, 0.15) is 12.8 Å². The molecule has 178 valence electrons. The van der Waals surface area contributed by atoms with Crippen LogP contribution in [0.5, 0.6) is 5.75 Å². The van der Waals surface area contributed by atoms with E-state index in [1.165, 1.54) is 0 Å². The molecule has 2 unspecified atom stereocenters. The maximum Gasteiger partial charge on any atom is 0.163 e. The van der Waals surface area contributed by atoms with Crippen LogP contribution in [0.15, 0.2) is 30.3 Å². The minimum atomic E-state index is -0.562. The number of aromatic nitrogens is 2. The summed E-state index contributed by atoms with van der Waals surface area (Å²) >= 11 is 0. The fourth-order valence-electron chi connectivity index (χ4n) is 4.73. The second kappa shape index (κ2) is 9.80. The van der Waals surface area contributed by atoms with Crippen LogP contribution in [0.25, 0.3) is 11.4 Å². The topological polar surface area (TPSA) is 95.0 Å². The number of likely N-dealkylation sites (N-methyl/N-ethyl adjacent to an activating group) is 1. The number of hydrogen-bond acceptors (Lipinski definition) is 9. The minimum absolute atomic E-state index is 0.229. The summed E-state index contributed by atoms with van der Waals surface area (Å²) in [6.45, 7) is 4.29. The van der Waals surface area contributed by atoms with Gasteiger partial charge in [0.1, 0.15) is 30.1 Å². The first kappa shape index (κ1) is 22.3. The van der Waals surface area contributed by atoms with Gasteiger partial charge in [0.2, 0.25) is 0 Å². The van der Waals surface area contributed by atoms with Gasteiger partial charge in [-0.2, -0.15) is 0 Å². The quantitative estimate of drug-likeness (QED) is 0.510. The van der Waals surface area contributed by atoms with Crippen molar-refractivity contribution in [2.75, 3.05) is 63.4 Å². The molecular weight excluding hydrogens is 420 g/mol. The number of rotatable bonds is 9. The number of aliphatic hydroxyl groups is 1. The van der Waals surface area contributed by atoms with Crippen molar-refractivity contribution >= 4 is 11.6 Å². The third-order valence-corrected chi connectivity index (χ3v) is 6.92. The monoisotopic (exact) mass is 454 g/mol. The second-order valence-corrected chi connectivity index (χ2v) is 9.15. The van der Waals surface area contributed by atoms with E-state index in [4.69, 9.17) is 19.4 Å². The van der Waals surface area contributed by atoms with Crippen molar-refractivity contribution < 1.29 is 14.6 Å². The van der Waals surface area contributed by atoms with Gasteiger partial charge in [0.15, 0.2) is 5.82 Å². The number of hydrogen-bond donors (Lipinski definition) is 3. The van der Waals surface area contributed by atoms with Gasteiger partial charge in [-0.25, -0.2) is 9.97 Å². The summed E-state index contributed by atoms with van der Waals surface area (Å²) in [4.78, 5) is 14.6. The number of anilines is 2. The van der Waals surface area contributed by atoms with Crippen LogP contribution in [0.3, 0.4) is 0 Å². The van der Waals surface area contributed by atoms with Gasteiger partial charge in [-0.05, 0) is 32.0 Å². The Balaban J connectivity index is 1.42. The molecule has 0 spiro atoms. The number of aliphatic hydroxyl groups excluding tert-OH is 1. The normalized spacial score (nSPS) is 23.3. The molecule has 0 saturated carbocycles. The highest BCUT2D eigenvalue weighted by molar-refractivity contribution is 5.65. The smallest absolute Gasteiger partial charge is 0.163 e. The van der Waals surface area contributed by atoms with E-state index in [2.05, 4.69) is 33.5 Å². The summed E-state index contributed by atoms with van der Waals surface area (Å²) in [5.74, 6) is 3.31. The molecule has 0 amide bonds. The Kier molecular flexibility index (Phi) is 6.64. The third-order valence-electron chi connectivity index (χ3n) is 6.92. The van der Waals surface area contributed by atoms with Crippen LogP contribution in [0, 0.1) is 0 Å². The van der Waals surface area contributed by atoms with Crippen molar-refractivity contribution in [2.24, 2.45) is 0 Å². The van der Waals surface area contributed by atoms with E-state index in [0.717, 1.165) is 56.3 Å². The number of nitrogens with one attached hydrogen (secondary N) is 2. The number of ether oxygens (including phenoxy) is 2. The van der Waals surface area contributed by atoms with Crippen molar-refractivity contribution in [2.45, 2.75) is 37.1 Å². The van der Waals surface area contributed by atoms with Crippen LogP contribution in [0.2, 0.25) is 0 Å². The summed E-state index contributed by atoms with van der Waals surface area (Å²) in [5.41, 5.74) is 0.905. The number of nitrogens with zero attached hydrogens (tertiary/aromatic N) is 4. The summed E-state index contributed by atoms with van der Waals surface area (Å²) in [6.07, 6.45) is 1.44. The van der Waals surface area contributed by atoms with E-state index >= 15 is 0 Å². The highest BCUT2D eigenvalue weighted by Gasteiger charge is 2.46. The molecule has 0 aliphatic carbocycles. The molecule has 1 aromatic heterocycles. The molecule has 3 fully saturated rings. The summed E-state index contributed by atoms with van der Waals surface area (Å²) in [7, 11) is 3.93. The SMILES string of the molecule is CNCC(O)COc1cccc(-c2nc(N(C)C3CCOCC3)cc(N3CC4NC[C@@H]43)n2)c1. The third kappa shape index (κ3) is 4.77. The molecule has 4 heterocycles. The van der Waals surface area contributed by atoms with Gasteiger partial charge in [-0.15, -0.1) is 0 Å². The molecule has 5 rings (SSSR count). The lowest BCUT2D eigenvalue weighted by Gasteiger charge is -2.56. The minimum Gasteiger partial charge on any atom is -0.491 e. The second-order valence-electron chi connectivity index (χ2n) is 9.15. The van der Waals surface area contributed by atoms with Gasteiger partial charge >= 0.3 is 0 Å². The van der Waals surface area contributed by atoms with Gasteiger partial charge < -0.3 is 35.0 Å². The lowest BCUT2D eigenvalue weighted by molar-refractivity contribution is 0.0853. The van der Waals surface area contributed by atoms with Crippen molar-refractivity contribution in [1.82, 2.24) is 20.6 Å². The lowest BCUT2D eigenvalue weighted by atomic mass is 9.89. The number of fused-ring (bicyclic) bond motifs is 1. The van der Waals surface area contributed by atoms with Crippen molar-refractivity contribution in [3.8, 4) is 17.1 Å². The Morgan fingerprint density at radius 2 is 2.15 bits per heavy atom. The summed E-state index contributed by atoms with van der Waals surface area (Å²) in [5, 5.41) is 16.4. The van der Waals surface area contributed by atoms with Crippen LogP contribution in [-0.4, -0.2) is 92.9 Å². The van der Waals surface area contributed by atoms with Crippen LogP contribution >= 0.6 is 0 Å². The van der Waals surface area contributed by atoms with Gasteiger partial charge in [-0.1, -0.05) is 12.1 Å². The first-order valence-corrected chi connectivity index (χ1v) is 11.9. The fourth-order valence-corrected chi connectivity index (χ4v) is 4.73. The predicted molar refractivity (Wildman–Crippen MR) is 128 cm³/mol. The maximum atomic E-state index is 9.96. The lowest BCUT2D eigenvalue weighted by Crippen LogP contribution is -2.78. The molecule has 3 aliphatic rings. The van der Waals surface area contributed by atoms with E-state index in [1.807, 2.05) is 31.3 Å². The molecule has 9 nitrogen and oxygen atoms in total. The Labute approximate surface area is 195 Å². The highest BCUT2D eigenvalue weighted by Crippen LogP contribution is 2.34. The molecule has 1 aromatic carbocycles. The standard InChI is InChI=1S/C24H34N6O3/c1-25-12-18(31)15-33-19-5-3-4-16(10-19)24-27-22(29(2)17-6-8-32-9-7-17)11-23(28-24)30-14-20-21(30)13-26-20/h3-5,10-11,17-18,20-21,25-26,31H,6-9,12-15H2,1-2H3/t18?,20?,21-/m0/s1. The van der Waals surface area contributed by atoms with Crippen molar-refractivity contribution in [1.29, 1.82) is 0 Å². The summed E-state index contributed by atoms with van der Waals surface area (Å²) < 4.78 is 11.4. The molecule has 33 heavy (non-hydrogen) atoms. The van der Waals surface area contributed by atoms with E-state index in [-0.39, 0.29) is 6.61 Å². The maximum absolute atomic E-state index is 9.96. The zero-order valence-electron chi connectivity index (χ0n) is 19.4. The summed E-state index contributed by atoms with van der Waals surface area (Å²) in [6, 6.07) is 11.5. The Morgan fingerprint density at radius 1 is 1.30 bits per heavy atom. The fraction of sp³-hybridized carbons (Fsp3) is 0.583. The molecule has 0 radical (unpaired) electrons. The molecule has 3 saturated heterocycles. The largest absolute Gasteiger partial charge is 0.491 e. The first-order chi connectivity index (χ1) is 16.1. The number of benzene rings is 1. The molecule has 3 aliphatic heterocycles. The molecule has 9 heteroatoms. The van der Waals surface area contributed by atoms with Gasteiger partial charge in [0, 0.05) is 63.6 Å². The van der Waals surface area contributed by atoms with Crippen LogP contribution < -0.4 is 25.2 Å². The average molecular weight is 455 g/mol. The molecule has 0 bridgehead atoms. The number of piperazine rings is 1. The molecule has 2 aromatic rings. The zero-order valence-corrected chi connectivity index (χ0v) is 19.4.